The minimum atomic E-state index is -1.57. The van der Waals surface area contributed by atoms with Crippen LogP contribution in [-0.4, -0.2) is 100 Å². The summed E-state index contributed by atoms with van der Waals surface area (Å²) in [6.07, 6.45) is 74.7. The normalized spacial score (nSPS) is 18.0. The molecule has 6 N–H and O–H groups in total. The van der Waals surface area contributed by atoms with Gasteiger partial charge in [0, 0.05) is 12.8 Å². The third-order valence-corrected chi connectivity index (χ3v) is 18.0. The second-order valence-corrected chi connectivity index (χ2v) is 26.3. The summed E-state index contributed by atoms with van der Waals surface area (Å²) < 4.78 is 16.7. The number of hydrogen-bond acceptors (Lipinski definition) is 10. The van der Waals surface area contributed by atoms with Crippen molar-refractivity contribution in [2.75, 3.05) is 19.8 Å². The van der Waals surface area contributed by atoms with E-state index in [1.54, 1.807) is 6.08 Å². The van der Waals surface area contributed by atoms with Gasteiger partial charge in [0.15, 0.2) is 6.29 Å². The number of aliphatic hydroxyl groups excluding tert-OH is 5. The Balaban J connectivity index is 1.88. The summed E-state index contributed by atoms with van der Waals surface area (Å²) in [7, 11) is 0. The van der Waals surface area contributed by atoms with Crippen LogP contribution in [0.3, 0.4) is 0 Å². The number of ether oxygens (including phenoxy) is 3. The maximum absolute atomic E-state index is 13.0. The molecule has 0 spiro atoms. The first kappa shape index (κ1) is 82.9. The van der Waals surface area contributed by atoms with E-state index in [4.69, 9.17) is 14.2 Å². The van der Waals surface area contributed by atoms with E-state index in [0.717, 1.165) is 51.4 Å². The molecule has 0 aliphatic carbocycles. The van der Waals surface area contributed by atoms with Crippen LogP contribution < -0.4 is 5.32 Å². The maximum Gasteiger partial charge on any atom is 0.305 e. The van der Waals surface area contributed by atoms with E-state index in [0.29, 0.717) is 19.4 Å². The van der Waals surface area contributed by atoms with E-state index in [1.165, 1.54) is 295 Å². The zero-order valence-electron chi connectivity index (χ0n) is 57.0. The number of carbonyl (C=O) groups excluding carboxylic acids is 2. The molecule has 512 valence electrons. The minimum Gasteiger partial charge on any atom is -0.466 e. The number of esters is 1. The SMILES string of the molecule is CCCCC/C=C/CC/C=C/C(O)C(COC1OC(CO)C(O)C(O)C1O)NC(=O)CCCCCCCCCCCCCCCCCC/C=C\CCCCCCCCCCCCCCOC(=O)CCCCCCCCCCCCCCCCCCCC. The summed E-state index contributed by atoms with van der Waals surface area (Å²) in [5.41, 5.74) is 0. The molecule has 11 nitrogen and oxygen atoms in total. The zero-order chi connectivity index (χ0) is 63.0. The molecule has 7 atom stereocenters. The Kier molecular flexibility index (Phi) is 62.3. The van der Waals surface area contributed by atoms with Crippen molar-refractivity contribution in [3.05, 3.63) is 36.5 Å². The fourth-order valence-electron chi connectivity index (χ4n) is 12.0. The number of amides is 1. The average molecular weight is 1230 g/mol. The van der Waals surface area contributed by atoms with Crippen molar-refractivity contribution in [3.63, 3.8) is 0 Å². The van der Waals surface area contributed by atoms with Gasteiger partial charge in [-0.1, -0.05) is 326 Å². The van der Waals surface area contributed by atoms with E-state index < -0.39 is 49.5 Å². The first-order valence-corrected chi connectivity index (χ1v) is 37.8. The van der Waals surface area contributed by atoms with Gasteiger partial charge in [0.05, 0.1) is 32.0 Å². The lowest BCUT2D eigenvalue weighted by molar-refractivity contribution is -0.302. The molecule has 0 aromatic heterocycles. The zero-order valence-corrected chi connectivity index (χ0v) is 57.0. The summed E-state index contributed by atoms with van der Waals surface area (Å²) in [4.78, 5) is 25.1. The molecule has 87 heavy (non-hydrogen) atoms. The standard InChI is InChI=1S/C76H143NO10/c1-3-5-7-9-11-13-14-15-16-17-35-38-41-44-48-52-56-60-64-72(81)85-65-61-57-53-49-45-42-39-36-33-31-29-27-25-23-21-19-18-20-22-24-26-28-30-32-34-37-40-43-47-51-55-59-63-71(80)77-68(69(79)62-58-54-50-46-12-10-8-6-4-2)67-86-76-75(84)74(83)73(82)70(66-78)87-76/h12,21,23,46,58,62,68-70,73-76,78-79,82-84H,3-11,13-20,22,24-45,47-57,59-61,63-67H2,1-2H3,(H,77,80)/b23-21-,46-12+,62-58+. The van der Waals surface area contributed by atoms with Crippen LogP contribution in [0.4, 0.5) is 0 Å². The fraction of sp³-hybridized carbons (Fsp3) is 0.895. The second kappa shape index (κ2) is 65.4. The van der Waals surface area contributed by atoms with Crippen LogP contribution in [0.15, 0.2) is 36.5 Å². The van der Waals surface area contributed by atoms with Crippen LogP contribution in [-0.2, 0) is 23.8 Å². The van der Waals surface area contributed by atoms with Crippen molar-refractivity contribution in [1.82, 2.24) is 5.32 Å². The molecule has 1 rings (SSSR count). The van der Waals surface area contributed by atoms with E-state index in [9.17, 15) is 35.1 Å². The van der Waals surface area contributed by atoms with Crippen molar-refractivity contribution in [1.29, 1.82) is 0 Å². The van der Waals surface area contributed by atoms with E-state index in [2.05, 4.69) is 43.5 Å². The summed E-state index contributed by atoms with van der Waals surface area (Å²) in [5, 5.41) is 54.3. The Labute approximate surface area is 536 Å². The van der Waals surface area contributed by atoms with Crippen LogP contribution >= 0.6 is 0 Å². The quantitative estimate of drug-likeness (QED) is 0.0195. The molecule has 1 aliphatic heterocycles. The molecule has 1 heterocycles. The van der Waals surface area contributed by atoms with Crippen molar-refractivity contribution in [2.24, 2.45) is 0 Å². The van der Waals surface area contributed by atoms with Gasteiger partial charge in [0.25, 0.3) is 0 Å². The molecule has 0 radical (unpaired) electrons. The van der Waals surface area contributed by atoms with Crippen LogP contribution in [0.2, 0.25) is 0 Å². The predicted octanol–water partition coefficient (Wildman–Crippen LogP) is 19.7. The highest BCUT2D eigenvalue weighted by molar-refractivity contribution is 5.76. The highest BCUT2D eigenvalue weighted by Gasteiger charge is 2.44. The summed E-state index contributed by atoms with van der Waals surface area (Å²) >= 11 is 0. The number of rotatable bonds is 67. The molecule has 1 saturated heterocycles. The largest absolute Gasteiger partial charge is 0.466 e. The van der Waals surface area contributed by atoms with Gasteiger partial charge in [-0.2, -0.15) is 0 Å². The molecular weight excluding hydrogens is 1090 g/mol. The molecule has 1 amide bonds. The average Bonchev–Trinajstić information content (AvgIpc) is 3.18. The van der Waals surface area contributed by atoms with Gasteiger partial charge in [0.1, 0.15) is 24.4 Å². The van der Waals surface area contributed by atoms with Gasteiger partial charge < -0.3 is 45.1 Å². The monoisotopic (exact) mass is 1230 g/mol. The summed E-state index contributed by atoms with van der Waals surface area (Å²) in [6.45, 7) is 4.32. The van der Waals surface area contributed by atoms with Crippen LogP contribution in [0.1, 0.15) is 373 Å². The third-order valence-electron chi connectivity index (χ3n) is 18.0. The Morgan fingerprint density at radius 3 is 1.16 bits per heavy atom. The van der Waals surface area contributed by atoms with Crippen molar-refractivity contribution in [2.45, 2.75) is 416 Å². The Morgan fingerprint density at radius 1 is 0.414 bits per heavy atom. The van der Waals surface area contributed by atoms with Crippen LogP contribution in [0.5, 0.6) is 0 Å². The maximum atomic E-state index is 13.0. The van der Waals surface area contributed by atoms with Gasteiger partial charge in [0.2, 0.25) is 5.91 Å². The van der Waals surface area contributed by atoms with E-state index >= 15 is 0 Å². The lowest BCUT2D eigenvalue weighted by Crippen LogP contribution is -2.60. The summed E-state index contributed by atoms with van der Waals surface area (Å²) in [6, 6.07) is -0.824. The number of carbonyl (C=O) groups is 2. The molecule has 0 bridgehead atoms. The predicted molar refractivity (Wildman–Crippen MR) is 366 cm³/mol. The number of nitrogens with one attached hydrogen (secondary N) is 1. The molecule has 11 heteroatoms. The van der Waals surface area contributed by atoms with E-state index in [-0.39, 0.29) is 18.5 Å². The number of hydrogen-bond donors (Lipinski definition) is 6. The number of unbranched alkanes of at least 4 members (excludes halogenated alkanes) is 49. The Hall–Kier alpha value is -2.12. The smallest absolute Gasteiger partial charge is 0.305 e. The summed E-state index contributed by atoms with van der Waals surface area (Å²) in [5.74, 6) is -0.175. The van der Waals surface area contributed by atoms with Crippen molar-refractivity contribution >= 4 is 11.9 Å². The van der Waals surface area contributed by atoms with Gasteiger partial charge in [-0.25, -0.2) is 0 Å². The second-order valence-electron chi connectivity index (χ2n) is 26.3. The molecule has 7 unspecified atom stereocenters. The molecule has 0 aromatic carbocycles. The molecular formula is C76H143NO10. The van der Waals surface area contributed by atoms with Crippen LogP contribution in [0.25, 0.3) is 0 Å². The van der Waals surface area contributed by atoms with Gasteiger partial charge in [-0.3, -0.25) is 9.59 Å². The topological polar surface area (TPSA) is 175 Å². The number of allylic oxidation sites excluding steroid dienone is 5. The lowest BCUT2D eigenvalue weighted by Gasteiger charge is -2.40. The Bertz CT molecular complexity index is 1540. The number of aliphatic hydroxyl groups is 5. The Morgan fingerprint density at radius 2 is 0.747 bits per heavy atom. The fourth-order valence-corrected chi connectivity index (χ4v) is 12.0. The lowest BCUT2D eigenvalue weighted by atomic mass is 9.99. The first-order chi connectivity index (χ1) is 42.7. The van der Waals surface area contributed by atoms with Gasteiger partial charge in [-0.15, -0.1) is 0 Å². The third kappa shape index (κ3) is 54.2. The van der Waals surface area contributed by atoms with Crippen molar-refractivity contribution in [3.8, 4) is 0 Å². The molecule has 0 aromatic rings. The highest BCUT2D eigenvalue weighted by atomic mass is 16.7. The molecule has 1 aliphatic rings. The van der Waals surface area contributed by atoms with Gasteiger partial charge in [-0.05, 0) is 70.6 Å². The van der Waals surface area contributed by atoms with Gasteiger partial charge >= 0.3 is 5.97 Å². The first-order valence-electron chi connectivity index (χ1n) is 37.8. The van der Waals surface area contributed by atoms with Crippen LogP contribution in [0, 0.1) is 0 Å². The van der Waals surface area contributed by atoms with E-state index in [1.807, 2.05) is 6.08 Å². The minimum absolute atomic E-state index is 0.0153. The molecule has 1 fully saturated rings. The highest BCUT2D eigenvalue weighted by Crippen LogP contribution is 2.24. The molecule has 0 saturated carbocycles. The van der Waals surface area contributed by atoms with Crippen molar-refractivity contribution < 1.29 is 49.3 Å².